The molecular formula is C24H30N4O4S. The Morgan fingerprint density at radius 1 is 0.909 bits per heavy atom. The Morgan fingerprint density at radius 3 is 2.12 bits per heavy atom. The van der Waals surface area contributed by atoms with Crippen LogP contribution in [0, 0.1) is 0 Å². The zero-order valence-electron chi connectivity index (χ0n) is 19.1. The molecule has 2 rings (SSSR count). The van der Waals surface area contributed by atoms with Crippen molar-refractivity contribution in [3.63, 3.8) is 0 Å². The molecule has 2 aromatic rings. The normalized spacial score (nSPS) is 11.1. The molecule has 0 spiro atoms. The lowest BCUT2D eigenvalue weighted by molar-refractivity contribution is -0.116. The van der Waals surface area contributed by atoms with Gasteiger partial charge in [-0.15, -0.1) is 0 Å². The average Bonchev–Trinajstić information content (AvgIpc) is 2.82. The number of hydrazine groups is 1. The number of hydrogen-bond acceptors (Lipinski definition) is 5. The molecule has 0 radical (unpaired) electrons. The van der Waals surface area contributed by atoms with Crippen LogP contribution in [0.5, 0.6) is 5.75 Å². The van der Waals surface area contributed by atoms with Gasteiger partial charge in [-0.05, 0) is 80.5 Å². The highest BCUT2D eigenvalue weighted by Gasteiger charge is 2.11. The van der Waals surface area contributed by atoms with Gasteiger partial charge in [-0.25, -0.2) is 0 Å². The zero-order valence-corrected chi connectivity index (χ0v) is 19.9. The second-order valence-electron chi connectivity index (χ2n) is 7.45. The predicted molar refractivity (Wildman–Crippen MR) is 132 cm³/mol. The van der Waals surface area contributed by atoms with Crippen LogP contribution in [0.2, 0.25) is 0 Å². The van der Waals surface area contributed by atoms with Crippen molar-refractivity contribution in [1.29, 1.82) is 0 Å². The summed E-state index contributed by atoms with van der Waals surface area (Å²) < 4.78 is 5.69. The minimum Gasteiger partial charge on any atom is -0.491 e. The molecule has 0 fully saturated rings. The number of hydrogen-bond donors (Lipinski definition) is 4. The van der Waals surface area contributed by atoms with E-state index in [0.29, 0.717) is 29.0 Å². The largest absolute Gasteiger partial charge is 0.491 e. The summed E-state index contributed by atoms with van der Waals surface area (Å²) in [7, 11) is 0. The van der Waals surface area contributed by atoms with Crippen molar-refractivity contribution in [2.75, 3.05) is 5.32 Å². The van der Waals surface area contributed by atoms with Crippen LogP contribution < -0.4 is 26.2 Å². The molecule has 0 aliphatic heterocycles. The number of unbranched alkanes of at least 4 members (excludes halogenated alkanes) is 1. The first-order valence-corrected chi connectivity index (χ1v) is 11.3. The van der Waals surface area contributed by atoms with Crippen molar-refractivity contribution in [3.8, 4) is 5.75 Å². The SMILES string of the molecule is CCCCC(=O)Nc1ccc(C(=O)NNC(=S)NC(=O)c2ccc(OC(C)CC)cc2)cc1. The summed E-state index contributed by atoms with van der Waals surface area (Å²) >= 11 is 5.07. The molecule has 8 nitrogen and oxygen atoms in total. The third-order valence-corrected chi connectivity index (χ3v) is 4.94. The third-order valence-electron chi connectivity index (χ3n) is 4.73. The van der Waals surface area contributed by atoms with Crippen LogP contribution in [-0.4, -0.2) is 28.9 Å². The molecule has 176 valence electrons. The molecule has 0 aliphatic carbocycles. The van der Waals surface area contributed by atoms with Gasteiger partial charge in [0.05, 0.1) is 6.10 Å². The summed E-state index contributed by atoms with van der Waals surface area (Å²) in [6, 6.07) is 13.2. The van der Waals surface area contributed by atoms with Crippen LogP contribution in [-0.2, 0) is 4.79 Å². The van der Waals surface area contributed by atoms with Gasteiger partial charge in [0, 0.05) is 23.2 Å². The van der Waals surface area contributed by atoms with Crippen LogP contribution in [0.1, 0.15) is 67.2 Å². The maximum Gasteiger partial charge on any atom is 0.269 e. The molecule has 3 amide bonds. The van der Waals surface area contributed by atoms with Crippen molar-refractivity contribution in [2.24, 2.45) is 0 Å². The molecule has 33 heavy (non-hydrogen) atoms. The van der Waals surface area contributed by atoms with Gasteiger partial charge in [0.1, 0.15) is 5.75 Å². The number of nitrogens with one attached hydrogen (secondary N) is 4. The van der Waals surface area contributed by atoms with Gasteiger partial charge in [0.15, 0.2) is 5.11 Å². The predicted octanol–water partition coefficient (Wildman–Crippen LogP) is 3.94. The van der Waals surface area contributed by atoms with E-state index in [9.17, 15) is 14.4 Å². The van der Waals surface area contributed by atoms with E-state index >= 15 is 0 Å². The highest BCUT2D eigenvalue weighted by Crippen LogP contribution is 2.15. The molecule has 0 heterocycles. The van der Waals surface area contributed by atoms with Gasteiger partial charge >= 0.3 is 0 Å². The number of thiocarbonyl (C=S) groups is 1. The van der Waals surface area contributed by atoms with E-state index < -0.39 is 11.8 Å². The molecule has 0 saturated carbocycles. The van der Waals surface area contributed by atoms with Gasteiger partial charge in [0.25, 0.3) is 11.8 Å². The molecule has 1 atom stereocenters. The number of carbonyl (C=O) groups is 3. The smallest absolute Gasteiger partial charge is 0.269 e. The molecule has 0 aliphatic rings. The number of ether oxygens (including phenoxy) is 1. The minimum absolute atomic E-state index is 0.0481. The summed E-state index contributed by atoms with van der Waals surface area (Å²) in [6.45, 7) is 6.02. The molecule has 2 aromatic carbocycles. The summed E-state index contributed by atoms with van der Waals surface area (Å²) in [5, 5.41) is 5.24. The first-order valence-electron chi connectivity index (χ1n) is 10.9. The standard InChI is InChI=1S/C24H30N4O4S/c1-4-6-7-21(29)25-19-12-8-18(9-13-19)23(31)27-28-24(33)26-22(30)17-10-14-20(15-11-17)32-16(3)5-2/h8-16H,4-7H2,1-3H3,(H,25,29)(H,27,31)(H2,26,28,30,33). The number of carbonyl (C=O) groups excluding carboxylic acids is 3. The molecule has 4 N–H and O–H groups in total. The van der Waals surface area contributed by atoms with E-state index in [1.54, 1.807) is 48.5 Å². The Hall–Kier alpha value is -3.46. The van der Waals surface area contributed by atoms with Crippen LogP contribution in [0.15, 0.2) is 48.5 Å². The van der Waals surface area contributed by atoms with Crippen molar-refractivity contribution in [3.05, 3.63) is 59.7 Å². The minimum atomic E-state index is -0.443. The summed E-state index contributed by atoms with van der Waals surface area (Å²) in [4.78, 5) is 36.4. The lowest BCUT2D eigenvalue weighted by Gasteiger charge is -2.13. The Morgan fingerprint density at radius 2 is 1.52 bits per heavy atom. The zero-order chi connectivity index (χ0) is 24.2. The van der Waals surface area contributed by atoms with Crippen LogP contribution in [0.3, 0.4) is 0 Å². The number of anilines is 1. The van der Waals surface area contributed by atoms with Crippen LogP contribution >= 0.6 is 12.2 Å². The maximum atomic E-state index is 12.3. The van der Waals surface area contributed by atoms with E-state index in [2.05, 4.69) is 21.5 Å². The molecule has 9 heteroatoms. The Labute approximate surface area is 199 Å². The summed E-state index contributed by atoms with van der Waals surface area (Å²) in [6.07, 6.45) is 3.20. The van der Waals surface area contributed by atoms with Crippen molar-refractivity contribution in [2.45, 2.75) is 52.6 Å². The van der Waals surface area contributed by atoms with Gasteiger partial charge in [0.2, 0.25) is 5.91 Å². The van der Waals surface area contributed by atoms with E-state index in [1.807, 2.05) is 20.8 Å². The Bertz CT molecular complexity index is 961. The second kappa shape index (κ2) is 13.2. The van der Waals surface area contributed by atoms with Crippen molar-refractivity contribution >= 4 is 40.7 Å². The van der Waals surface area contributed by atoms with Gasteiger partial charge in [-0.3, -0.25) is 30.6 Å². The number of amides is 3. The fraction of sp³-hybridized carbons (Fsp3) is 0.333. The molecular weight excluding hydrogens is 440 g/mol. The van der Waals surface area contributed by atoms with E-state index in [-0.39, 0.29) is 17.1 Å². The fourth-order valence-electron chi connectivity index (χ4n) is 2.66. The monoisotopic (exact) mass is 470 g/mol. The molecule has 0 aromatic heterocycles. The lowest BCUT2D eigenvalue weighted by Crippen LogP contribution is -2.48. The second-order valence-corrected chi connectivity index (χ2v) is 7.86. The third kappa shape index (κ3) is 8.89. The van der Waals surface area contributed by atoms with Gasteiger partial charge < -0.3 is 10.1 Å². The first-order chi connectivity index (χ1) is 15.8. The molecule has 0 bridgehead atoms. The molecule has 1 unspecified atom stereocenters. The molecule has 0 saturated heterocycles. The first kappa shape index (κ1) is 25.8. The number of benzene rings is 2. The number of rotatable bonds is 9. The fourth-order valence-corrected chi connectivity index (χ4v) is 2.80. The van der Waals surface area contributed by atoms with Crippen molar-refractivity contribution < 1.29 is 19.1 Å². The Balaban J connectivity index is 1.79. The highest BCUT2D eigenvalue weighted by molar-refractivity contribution is 7.80. The van der Waals surface area contributed by atoms with Crippen molar-refractivity contribution in [1.82, 2.24) is 16.2 Å². The van der Waals surface area contributed by atoms with E-state index in [4.69, 9.17) is 17.0 Å². The maximum absolute atomic E-state index is 12.3. The summed E-state index contributed by atoms with van der Waals surface area (Å²) in [5.74, 6) is -0.239. The summed E-state index contributed by atoms with van der Waals surface area (Å²) in [5.41, 5.74) is 6.31. The average molecular weight is 471 g/mol. The quantitative estimate of drug-likeness (QED) is 0.327. The van der Waals surface area contributed by atoms with Crippen LogP contribution in [0.4, 0.5) is 5.69 Å². The highest BCUT2D eigenvalue weighted by atomic mass is 32.1. The van der Waals surface area contributed by atoms with Crippen LogP contribution in [0.25, 0.3) is 0 Å². The van der Waals surface area contributed by atoms with E-state index in [1.165, 1.54) is 0 Å². The van der Waals surface area contributed by atoms with Gasteiger partial charge in [-0.2, -0.15) is 0 Å². The topological polar surface area (TPSA) is 109 Å². The lowest BCUT2D eigenvalue weighted by atomic mass is 10.2. The Kier molecular flexibility index (Phi) is 10.3. The van der Waals surface area contributed by atoms with E-state index in [0.717, 1.165) is 19.3 Å². The van der Waals surface area contributed by atoms with Gasteiger partial charge in [-0.1, -0.05) is 20.3 Å².